The van der Waals surface area contributed by atoms with Gasteiger partial charge >= 0.3 is 25.4 Å². The van der Waals surface area contributed by atoms with E-state index in [1.54, 1.807) is 12.1 Å². The molecule has 0 aliphatic heterocycles. The number of hydrogen-bond donors (Lipinski definition) is 1. The van der Waals surface area contributed by atoms with E-state index in [2.05, 4.69) is 4.98 Å². The van der Waals surface area contributed by atoms with Gasteiger partial charge in [-0.05, 0) is 12.1 Å². The average Bonchev–Trinajstić information content (AvgIpc) is 1.90. The molecule has 1 aromatic heterocycles. The van der Waals surface area contributed by atoms with Crippen LogP contribution in [0.5, 0.6) is 0 Å². The van der Waals surface area contributed by atoms with Crippen molar-refractivity contribution in [1.82, 2.24) is 4.98 Å². The molecular formula is C6H5NO2Zn+2. The third-order valence-corrected chi connectivity index (χ3v) is 0.884. The molecule has 0 radical (unpaired) electrons. The Balaban J connectivity index is 0.000000810. The summed E-state index contributed by atoms with van der Waals surface area (Å²) in [5.41, 5.74) is 0.0810. The van der Waals surface area contributed by atoms with Gasteiger partial charge in [-0.1, -0.05) is 6.07 Å². The van der Waals surface area contributed by atoms with Gasteiger partial charge in [0, 0.05) is 6.20 Å². The van der Waals surface area contributed by atoms with Gasteiger partial charge in [0.05, 0.1) is 0 Å². The third kappa shape index (κ3) is 2.23. The first-order valence-corrected chi connectivity index (χ1v) is 2.45. The molecule has 1 aromatic rings. The number of nitrogens with zero attached hydrogens (tertiary/aromatic N) is 1. The van der Waals surface area contributed by atoms with Crippen LogP contribution in [0.1, 0.15) is 10.5 Å². The van der Waals surface area contributed by atoms with Gasteiger partial charge in [0.15, 0.2) is 0 Å². The molecule has 1 N–H and O–H groups in total. The van der Waals surface area contributed by atoms with Gasteiger partial charge in [0.25, 0.3) is 0 Å². The summed E-state index contributed by atoms with van der Waals surface area (Å²) in [4.78, 5) is 13.7. The van der Waals surface area contributed by atoms with E-state index in [1.165, 1.54) is 12.3 Å². The molecule has 0 fully saturated rings. The molecule has 1 rings (SSSR count). The van der Waals surface area contributed by atoms with E-state index in [4.69, 9.17) is 5.11 Å². The Morgan fingerprint density at radius 1 is 1.50 bits per heavy atom. The fraction of sp³-hybridized carbons (Fsp3) is 0. The first kappa shape index (κ1) is 9.24. The number of carbonyl (C=O) groups is 1. The predicted molar refractivity (Wildman–Crippen MR) is 31.2 cm³/mol. The topological polar surface area (TPSA) is 50.2 Å². The second-order valence-corrected chi connectivity index (χ2v) is 1.52. The zero-order chi connectivity index (χ0) is 6.69. The minimum absolute atomic E-state index is 0. The molecular weight excluding hydrogens is 183 g/mol. The molecule has 0 saturated heterocycles. The van der Waals surface area contributed by atoms with E-state index < -0.39 is 5.97 Å². The fourth-order valence-electron chi connectivity index (χ4n) is 0.489. The first-order valence-electron chi connectivity index (χ1n) is 2.45. The summed E-state index contributed by atoms with van der Waals surface area (Å²) in [5.74, 6) is -0.990. The Morgan fingerprint density at radius 3 is 2.50 bits per heavy atom. The molecule has 0 amide bonds. The van der Waals surface area contributed by atoms with Crippen molar-refractivity contribution in [3.05, 3.63) is 30.1 Å². The largest absolute Gasteiger partial charge is 2.00 e. The van der Waals surface area contributed by atoms with Crippen LogP contribution in [0.2, 0.25) is 0 Å². The van der Waals surface area contributed by atoms with Gasteiger partial charge in [-0.3, -0.25) is 0 Å². The van der Waals surface area contributed by atoms with Crippen LogP contribution >= 0.6 is 0 Å². The van der Waals surface area contributed by atoms with Crippen molar-refractivity contribution >= 4 is 5.97 Å². The second-order valence-electron chi connectivity index (χ2n) is 1.52. The van der Waals surface area contributed by atoms with Crippen molar-refractivity contribution in [2.45, 2.75) is 0 Å². The molecule has 0 spiro atoms. The van der Waals surface area contributed by atoms with Crippen LogP contribution < -0.4 is 0 Å². The van der Waals surface area contributed by atoms with Crippen LogP contribution in [0.15, 0.2) is 24.4 Å². The summed E-state index contributed by atoms with van der Waals surface area (Å²) in [7, 11) is 0. The molecule has 3 nitrogen and oxygen atoms in total. The smallest absolute Gasteiger partial charge is 0.477 e. The minimum Gasteiger partial charge on any atom is -0.477 e. The Hall–Kier alpha value is -0.757. The fourth-order valence-corrected chi connectivity index (χ4v) is 0.489. The number of pyridine rings is 1. The zero-order valence-electron chi connectivity index (χ0n) is 5.32. The van der Waals surface area contributed by atoms with Gasteiger partial charge in [-0.2, -0.15) is 0 Å². The normalized spacial score (nSPS) is 8.00. The molecule has 46 valence electrons. The monoisotopic (exact) mass is 187 g/mol. The predicted octanol–water partition coefficient (Wildman–Crippen LogP) is 0.777. The van der Waals surface area contributed by atoms with E-state index in [9.17, 15) is 4.79 Å². The maximum Gasteiger partial charge on any atom is 2.00 e. The quantitative estimate of drug-likeness (QED) is 0.663. The number of hydrogen-bond acceptors (Lipinski definition) is 2. The maximum absolute atomic E-state index is 10.1. The first-order chi connectivity index (χ1) is 4.30. The summed E-state index contributed by atoms with van der Waals surface area (Å²) in [6.07, 6.45) is 1.45. The van der Waals surface area contributed by atoms with Gasteiger partial charge in [-0.15, -0.1) is 0 Å². The average molecular weight is 189 g/mol. The van der Waals surface area contributed by atoms with E-state index in [1.807, 2.05) is 0 Å². The van der Waals surface area contributed by atoms with Crippen LogP contribution in [-0.2, 0) is 19.5 Å². The van der Waals surface area contributed by atoms with Crippen LogP contribution in [0.25, 0.3) is 0 Å². The van der Waals surface area contributed by atoms with Crippen molar-refractivity contribution in [2.75, 3.05) is 0 Å². The van der Waals surface area contributed by atoms with E-state index in [0.717, 1.165) is 0 Å². The van der Waals surface area contributed by atoms with Gasteiger partial charge < -0.3 is 5.11 Å². The van der Waals surface area contributed by atoms with E-state index in [0.29, 0.717) is 0 Å². The Kier molecular flexibility index (Phi) is 3.81. The third-order valence-electron chi connectivity index (χ3n) is 0.884. The molecule has 0 bridgehead atoms. The molecule has 0 atom stereocenters. The summed E-state index contributed by atoms with van der Waals surface area (Å²) in [6.45, 7) is 0. The van der Waals surface area contributed by atoms with Crippen LogP contribution in [0.4, 0.5) is 0 Å². The number of rotatable bonds is 1. The van der Waals surface area contributed by atoms with Crippen LogP contribution in [0, 0.1) is 0 Å². The number of carboxylic acids is 1. The summed E-state index contributed by atoms with van der Waals surface area (Å²) in [6, 6.07) is 4.76. The Morgan fingerprint density at radius 2 is 2.20 bits per heavy atom. The molecule has 0 saturated carbocycles. The Labute approximate surface area is 70.9 Å². The zero-order valence-corrected chi connectivity index (χ0v) is 8.29. The van der Waals surface area contributed by atoms with E-state index in [-0.39, 0.29) is 25.2 Å². The van der Waals surface area contributed by atoms with Crippen molar-refractivity contribution in [3.8, 4) is 0 Å². The van der Waals surface area contributed by atoms with Crippen LogP contribution in [0.3, 0.4) is 0 Å². The number of aromatic nitrogens is 1. The van der Waals surface area contributed by atoms with Gasteiger partial charge in [0.1, 0.15) is 5.69 Å². The van der Waals surface area contributed by atoms with Crippen molar-refractivity contribution in [2.24, 2.45) is 0 Å². The van der Waals surface area contributed by atoms with Gasteiger partial charge in [-0.25, -0.2) is 9.78 Å². The molecule has 10 heavy (non-hydrogen) atoms. The molecule has 1 heterocycles. The number of aromatic carboxylic acids is 1. The summed E-state index contributed by atoms with van der Waals surface area (Å²) >= 11 is 0. The van der Waals surface area contributed by atoms with Crippen molar-refractivity contribution in [3.63, 3.8) is 0 Å². The molecule has 0 unspecified atom stereocenters. The second kappa shape index (κ2) is 4.12. The molecule has 0 aromatic carbocycles. The SMILES string of the molecule is O=C(O)c1ccccn1.[Zn+2]. The van der Waals surface area contributed by atoms with Gasteiger partial charge in [0.2, 0.25) is 0 Å². The summed E-state index contributed by atoms with van der Waals surface area (Å²) in [5, 5.41) is 8.32. The van der Waals surface area contributed by atoms with Crippen molar-refractivity contribution in [1.29, 1.82) is 0 Å². The number of carboxylic acid groups (broad SMARTS) is 1. The molecule has 0 aliphatic rings. The van der Waals surface area contributed by atoms with E-state index >= 15 is 0 Å². The van der Waals surface area contributed by atoms with Crippen LogP contribution in [-0.4, -0.2) is 16.1 Å². The summed E-state index contributed by atoms with van der Waals surface area (Å²) < 4.78 is 0. The molecule has 0 aliphatic carbocycles. The molecule has 4 heteroatoms. The minimum atomic E-state index is -0.990. The maximum atomic E-state index is 10.1. The van der Waals surface area contributed by atoms with Crippen molar-refractivity contribution < 1.29 is 29.4 Å². The standard InChI is InChI=1S/C6H5NO2.Zn/c8-6(9)5-3-1-2-4-7-5;/h1-4H,(H,8,9);/q;+2. The Bertz CT molecular complexity index is 212.